The number of hydrogen-bond donors (Lipinski definition) is 1. The van der Waals surface area contributed by atoms with Gasteiger partial charge in [-0.05, 0) is 76.7 Å². The SMILES string of the molecule is COc1ccc2c(c1)C(CC(=O)Nc1ncccn1)=C(C)C2=Cc1cc(OC)c(OC)c(OC)c1. The molecule has 0 saturated heterocycles. The minimum absolute atomic E-state index is 0.164. The van der Waals surface area contributed by atoms with Crippen molar-refractivity contribution in [1.82, 2.24) is 9.97 Å². The van der Waals surface area contributed by atoms with Gasteiger partial charge in [0.15, 0.2) is 11.5 Å². The average Bonchev–Trinajstić information content (AvgIpc) is 3.13. The lowest BCUT2D eigenvalue weighted by Gasteiger charge is -2.13. The van der Waals surface area contributed by atoms with Crippen LogP contribution >= 0.6 is 0 Å². The van der Waals surface area contributed by atoms with Gasteiger partial charge in [0.25, 0.3) is 0 Å². The number of rotatable bonds is 8. The lowest BCUT2D eigenvalue weighted by Crippen LogP contribution is -2.14. The van der Waals surface area contributed by atoms with E-state index in [-0.39, 0.29) is 18.3 Å². The first-order valence-electron chi connectivity index (χ1n) is 11.0. The number of nitrogens with one attached hydrogen (secondary N) is 1. The van der Waals surface area contributed by atoms with Gasteiger partial charge in [-0.2, -0.15) is 0 Å². The van der Waals surface area contributed by atoms with E-state index in [2.05, 4.69) is 21.4 Å². The minimum atomic E-state index is -0.201. The van der Waals surface area contributed by atoms with Gasteiger partial charge in [-0.15, -0.1) is 0 Å². The molecule has 1 aliphatic carbocycles. The van der Waals surface area contributed by atoms with Crippen LogP contribution in [0.5, 0.6) is 23.0 Å². The fourth-order valence-electron chi connectivity index (χ4n) is 4.16. The van der Waals surface area contributed by atoms with Crippen molar-refractivity contribution in [3.63, 3.8) is 0 Å². The number of benzene rings is 2. The molecule has 3 aromatic rings. The molecular weight excluding hydrogens is 446 g/mol. The first-order chi connectivity index (χ1) is 17.0. The predicted molar refractivity (Wildman–Crippen MR) is 135 cm³/mol. The van der Waals surface area contributed by atoms with E-state index in [1.165, 1.54) is 0 Å². The maximum Gasteiger partial charge on any atom is 0.231 e. The highest BCUT2D eigenvalue weighted by molar-refractivity contribution is 6.10. The highest BCUT2D eigenvalue weighted by Gasteiger charge is 2.26. The van der Waals surface area contributed by atoms with Gasteiger partial charge in [0.1, 0.15) is 5.75 Å². The molecule has 0 unspecified atom stereocenters. The van der Waals surface area contributed by atoms with Crippen LogP contribution in [0, 0.1) is 0 Å². The van der Waals surface area contributed by atoms with Gasteiger partial charge in [-0.25, -0.2) is 9.97 Å². The van der Waals surface area contributed by atoms with Crippen LogP contribution in [0.25, 0.3) is 17.2 Å². The van der Waals surface area contributed by atoms with Gasteiger partial charge in [-0.1, -0.05) is 6.07 Å². The summed E-state index contributed by atoms with van der Waals surface area (Å²) < 4.78 is 21.9. The Kier molecular flexibility index (Phi) is 7.01. The molecule has 1 N–H and O–H groups in total. The van der Waals surface area contributed by atoms with Crippen molar-refractivity contribution in [2.24, 2.45) is 0 Å². The summed E-state index contributed by atoms with van der Waals surface area (Å²) in [6.45, 7) is 2.01. The lowest BCUT2D eigenvalue weighted by molar-refractivity contribution is -0.115. The van der Waals surface area contributed by atoms with Crippen molar-refractivity contribution < 1.29 is 23.7 Å². The molecule has 0 atom stereocenters. The van der Waals surface area contributed by atoms with Crippen LogP contribution in [0.3, 0.4) is 0 Å². The number of allylic oxidation sites excluding steroid dienone is 2. The maximum absolute atomic E-state index is 12.9. The molecule has 180 valence electrons. The van der Waals surface area contributed by atoms with E-state index >= 15 is 0 Å². The van der Waals surface area contributed by atoms with Crippen LogP contribution in [0.1, 0.15) is 30.0 Å². The summed E-state index contributed by atoms with van der Waals surface area (Å²) in [5, 5.41) is 2.76. The fraction of sp³-hybridized carbons (Fsp3) is 0.222. The topological polar surface area (TPSA) is 91.8 Å². The molecule has 1 aliphatic rings. The zero-order chi connectivity index (χ0) is 24.9. The summed E-state index contributed by atoms with van der Waals surface area (Å²) in [4.78, 5) is 21.0. The number of ether oxygens (including phenoxy) is 4. The molecule has 0 radical (unpaired) electrons. The van der Waals surface area contributed by atoms with Crippen LogP contribution in [0.15, 0.2) is 54.4 Å². The van der Waals surface area contributed by atoms with Gasteiger partial charge in [0.2, 0.25) is 17.6 Å². The van der Waals surface area contributed by atoms with E-state index < -0.39 is 0 Å². The molecule has 1 amide bonds. The van der Waals surface area contributed by atoms with Gasteiger partial charge in [0, 0.05) is 12.4 Å². The third kappa shape index (κ3) is 4.82. The summed E-state index contributed by atoms with van der Waals surface area (Å²) in [6.07, 6.45) is 5.38. The molecule has 35 heavy (non-hydrogen) atoms. The van der Waals surface area contributed by atoms with E-state index in [1.54, 1.807) is 46.9 Å². The fourth-order valence-corrected chi connectivity index (χ4v) is 4.16. The second kappa shape index (κ2) is 10.3. The Morgan fingerprint density at radius 2 is 1.60 bits per heavy atom. The predicted octanol–water partition coefficient (Wildman–Crippen LogP) is 4.87. The van der Waals surface area contributed by atoms with E-state index in [0.29, 0.717) is 17.2 Å². The Labute approximate surface area is 204 Å². The smallest absolute Gasteiger partial charge is 0.231 e. The molecule has 1 heterocycles. The standard InChI is InChI=1S/C27H27N3O5/c1-16-20(11-17-12-23(33-3)26(35-5)24(13-17)34-4)19-8-7-18(32-2)14-22(19)21(16)15-25(31)30-27-28-9-6-10-29-27/h6-14H,15H2,1-5H3,(H,28,29,30,31). The van der Waals surface area contributed by atoms with Crippen molar-refractivity contribution in [3.8, 4) is 23.0 Å². The van der Waals surface area contributed by atoms with Crippen LogP contribution in [-0.2, 0) is 4.79 Å². The zero-order valence-corrected chi connectivity index (χ0v) is 20.3. The first-order valence-corrected chi connectivity index (χ1v) is 11.0. The average molecular weight is 474 g/mol. The monoisotopic (exact) mass is 473 g/mol. The summed E-state index contributed by atoms with van der Waals surface area (Å²) in [7, 11) is 6.37. The molecule has 4 rings (SSSR count). The number of methoxy groups -OCH3 is 4. The number of carbonyl (C=O) groups is 1. The van der Waals surface area contributed by atoms with E-state index in [0.717, 1.165) is 39.2 Å². The Morgan fingerprint density at radius 3 is 2.20 bits per heavy atom. The Morgan fingerprint density at radius 1 is 0.914 bits per heavy atom. The summed E-state index contributed by atoms with van der Waals surface area (Å²) in [5.41, 5.74) is 5.73. The molecule has 0 spiro atoms. The van der Waals surface area contributed by atoms with Crippen molar-refractivity contribution in [2.45, 2.75) is 13.3 Å². The van der Waals surface area contributed by atoms with Crippen molar-refractivity contribution in [2.75, 3.05) is 33.8 Å². The summed E-state index contributed by atoms with van der Waals surface area (Å²) >= 11 is 0. The number of hydrogen-bond acceptors (Lipinski definition) is 7. The molecule has 0 saturated carbocycles. The Hall–Kier alpha value is -4.33. The van der Waals surface area contributed by atoms with Crippen LogP contribution in [0.2, 0.25) is 0 Å². The normalized spacial score (nSPS) is 13.5. The second-order valence-electron chi connectivity index (χ2n) is 7.83. The second-order valence-corrected chi connectivity index (χ2v) is 7.83. The van der Waals surface area contributed by atoms with Gasteiger partial charge < -0.3 is 18.9 Å². The highest BCUT2D eigenvalue weighted by atomic mass is 16.5. The minimum Gasteiger partial charge on any atom is -0.497 e. The lowest BCUT2D eigenvalue weighted by atomic mass is 10.00. The summed E-state index contributed by atoms with van der Waals surface area (Å²) in [6, 6.07) is 11.4. The highest BCUT2D eigenvalue weighted by Crippen LogP contribution is 2.46. The summed E-state index contributed by atoms with van der Waals surface area (Å²) in [5.74, 6) is 2.45. The van der Waals surface area contributed by atoms with E-state index in [4.69, 9.17) is 18.9 Å². The van der Waals surface area contributed by atoms with E-state index in [1.807, 2.05) is 37.3 Å². The number of nitrogens with zero attached hydrogens (tertiary/aromatic N) is 2. The largest absolute Gasteiger partial charge is 0.497 e. The third-order valence-corrected chi connectivity index (χ3v) is 5.85. The maximum atomic E-state index is 12.9. The molecular formula is C27H27N3O5. The Balaban J connectivity index is 1.77. The first kappa shape index (κ1) is 23.8. The third-order valence-electron chi connectivity index (χ3n) is 5.85. The van der Waals surface area contributed by atoms with Crippen molar-refractivity contribution in [1.29, 1.82) is 0 Å². The molecule has 1 aromatic heterocycles. The number of aromatic nitrogens is 2. The van der Waals surface area contributed by atoms with Crippen molar-refractivity contribution >= 4 is 29.1 Å². The molecule has 0 bridgehead atoms. The number of anilines is 1. The Bertz CT molecular complexity index is 1290. The quantitative estimate of drug-likeness (QED) is 0.499. The van der Waals surface area contributed by atoms with Gasteiger partial charge >= 0.3 is 0 Å². The van der Waals surface area contributed by atoms with Gasteiger partial charge in [-0.3, -0.25) is 10.1 Å². The van der Waals surface area contributed by atoms with Crippen LogP contribution in [0.4, 0.5) is 5.95 Å². The van der Waals surface area contributed by atoms with Crippen molar-refractivity contribution in [3.05, 3.63) is 71.1 Å². The molecule has 0 fully saturated rings. The van der Waals surface area contributed by atoms with E-state index in [9.17, 15) is 4.79 Å². The molecule has 2 aromatic carbocycles. The number of carbonyl (C=O) groups excluding carboxylic acids is 1. The molecule has 8 nitrogen and oxygen atoms in total. The van der Waals surface area contributed by atoms with Gasteiger partial charge in [0.05, 0.1) is 34.9 Å². The number of fused-ring (bicyclic) bond motifs is 1. The number of amides is 1. The molecule has 8 heteroatoms. The van der Waals surface area contributed by atoms with Crippen LogP contribution < -0.4 is 24.3 Å². The zero-order valence-electron chi connectivity index (χ0n) is 20.3. The molecule has 0 aliphatic heterocycles. The van der Waals surface area contributed by atoms with Crippen LogP contribution in [-0.4, -0.2) is 44.3 Å².